The molecule has 0 amide bonds. The molecule has 1 aromatic rings. The van der Waals surface area contributed by atoms with Gasteiger partial charge in [-0.2, -0.15) is 0 Å². The minimum Gasteiger partial charge on any atom is -0.229 e. The zero-order valence-electron chi connectivity index (χ0n) is 10.0. The summed E-state index contributed by atoms with van der Waals surface area (Å²) in [4.78, 5) is 1.08. The predicted molar refractivity (Wildman–Crippen MR) is 75.6 cm³/mol. The Bertz CT molecular complexity index is 438. The molecule has 0 unspecified atom stereocenters. The van der Waals surface area contributed by atoms with Gasteiger partial charge in [0.2, 0.25) is 0 Å². The van der Waals surface area contributed by atoms with E-state index in [0.29, 0.717) is 11.6 Å². The van der Waals surface area contributed by atoms with Gasteiger partial charge in [-0.05, 0) is 31.5 Å². The van der Waals surface area contributed by atoms with E-state index in [0.717, 1.165) is 10.5 Å². The molecule has 5 heteroatoms. The van der Waals surface area contributed by atoms with Crippen LogP contribution in [0.3, 0.4) is 0 Å². The lowest BCUT2D eigenvalue weighted by Crippen LogP contribution is -2.18. The molecule has 0 N–H and O–H groups in total. The molecule has 0 aromatic heterocycles. The second kappa shape index (κ2) is 6.66. The molecule has 0 aliphatic heterocycles. The van der Waals surface area contributed by atoms with Gasteiger partial charge < -0.3 is 0 Å². The van der Waals surface area contributed by atoms with Crippen molar-refractivity contribution in [3.05, 3.63) is 29.8 Å². The van der Waals surface area contributed by atoms with Crippen molar-refractivity contribution in [3.8, 4) is 0 Å². The molecule has 0 bridgehead atoms. The third-order valence-electron chi connectivity index (χ3n) is 2.43. The first-order valence-electron chi connectivity index (χ1n) is 5.45. The maximum atomic E-state index is 11.6. The molecule has 1 aromatic carbocycles. The van der Waals surface area contributed by atoms with E-state index >= 15 is 0 Å². The molecule has 0 heterocycles. The van der Waals surface area contributed by atoms with Gasteiger partial charge in [0.15, 0.2) is 9.84 Å². The Hall–Kier alpha value is -0.190. The lowest BCUT2D eigenvalue weighted by atomic mass is 10.2. The van der Waals surface area contributed by atoms with E-state index in [4.69, 9.17) is 11.6 Å². The lowest BCUT2D eigenvalue weighted by molar-refractivity contribution is 0.589. The van der Waals surface area contributed by atoms with Crippen molar-refractivity contribution < 1.29 is 8.42 Å². The van der Waals surface area contributed by atoms with Crippen LogP contribution in [0, 0.1) is 0 Å². The summed E-state index contributed by atoms with van der Waals surface area (Å²) in [5.74, 6) is 1.33. The van der Waals surface area contributed by atoms with Crippen LogP contribution in [0.2, 0.25) is 0 Å². The van der Waals surface area contributed by atoms with E-state index in [1.807, 2.05) is 24.3 Å². The molecular weight excluding hydrogens is 276 g/mol. The molecule has 2 nitrogen and oxygen atoms in total. The number of rotatable bonds is 6. The maximum Gasteiger partial charge on any atom is 0.153 e. The average molecular weight is 293 g/mol. The van der Waals surface area contributed by atoms with Gasteiger partial charge in [-0.15, -0.1) is 23.4 Å². The average Bonchev–Trinajstić information content (AvgIpc) is 2.29. The topological polar surface area (TPSA) is 34.1 Å². The van der Waals surface area contributed by atoms with Crippen molar-refractivity contribution in [2.24, 2.45) is 0 Å². The molecule has 0 atom stereocenters. The van der Waals surface area contributed by atoms with E-state index in [1.165, 1.54) is 0 Å². The van der Waals surface area contributed by atoms with Crippen LogP contribution in [0.5, 0.6) is 0 Å². The van der Waals surface area contributed by atoms with Crippen molar-refractivity contribution in [3.63, 3.8) is 0 Å². The van der Waals surface area contributed by atoms with Crippen molar-refractivity contribution in [1.29, 1.82) is 0 Å². The fraction of sp³-hybridized carbons (Fsp3) is 0.500. The van der Waals surface area contributed by atoms with E-state index in [-0.39, 0.29) is 11.0 Å². The zero-order valence-corrected chi connectivity index (χ0v) is 12.4. The van der Waals surface area contributed by atoms with E-state index in [2.05, 4.69) is 0 Å². The maximum absolute atomic E-state index is 11.6. The second-order valence-electron chi connectivity index (χ2n) is 4.04. The molecule has 0 aliphatic rings. The molecule has 0 spiro atoms. The zero-order chi connectivity index (χ0) is 12.9. The molecule has 0 aliphatic carbocycles. The van der Waals surface area contributed by atoms with E-state index < -0.39 is 9.84 Å². The number of thioether (sulfide) groups is 1. The Balaban J connectivity index is 2.46. The summed E-state index contributed by atoms with van der Waals surface area (Å²) in [6, 6.07) is 7.88. The first-order chi connectivity index (χ1) is 7.95. The van der Waals surface area contributed by atoms with Gasteiger partial charge in [0.25, 0.3) is 0 Å². The molecular formula is C12H17ClO2S2. The van der Waals surface area contributed by atoms with Crippen LogP contribution in [0.4, 0.5) is 0 Å². The summed E-state index contributed by atoms with van der Waals surface area (Å²) in [5, 5.41) is -0.290. The summed E-state index contributed by atoms with van der Waals surface area (Å²) in [6.45, 7) is 3.44. The normalized spacial score (nSPS) is 12.0. The number of hydrogen-bond acceptors (Lipinski definition) is 3. The monoisotopic (exact) mass is 292 g/mol. The SMILES string of the molecule is CC(C)S(=O)(=O)CCSc1ccc(CCl)cc1. The summed E-state index contributed by atoms with van der Waals surface area (Å²) < 4.78 is 23.2. The largest absolute Gasteiger partial charge is 0.229 e. The highest BCUT2D eigenvalue weighted by Crippen LogP contribution is 2.19. The Morgan fingerprint density at radius 1 is 1.24 bits per heavy atom. The summed E-state index contributed by atoms with van der Waals surface area (Å²) in [5.41, 5.74) is 1.07. The molecule has 96 valence electrons. The first kappa shape index (κ1) is 14.9. The standard InChI is InChI=1S/C12H17ClO2S2/c1-10(2)17(14,15)8-7-16-12-5-3-11(9-13)4-6-12/h3-6,10H,7-9H2,1-2H3. The van der Waals surface area contributed by atoms with Crippen LogP contribution < -0.4 is 0 Å². The molecule has 0 radical (unpaired) electrons. The Labute approximate surface area is 113 Å². The van der Waals surface area contributed by atoms with Crippen molar-refractivity contribution >= 4 is 33.2 Å². The Morgan fingerprint density at radius 3 is 2.29 bits per heavy atom. The minimum atomic E-state index is -2.92. The van der Waals surface area contributed by atoms with Crippen molar-refractivity contribution in [2.45, 2.75) is 29.9 Å². The van der Waals surface area contributed by atoms with E-state index in [1.54, 1.807) is 25.6 Å². The Morgan fingerprint density at radius 2 is 1.82 bits per heavy atom. The second-order valence-corrected chi connectivity index (χ2v) is 8.15. The van der Waals surface area contributed by atoms with Crippen LogP contribution in [0.1, 0.15) is 19.4 Å². The predicted octanol–water partition coefficient (Wildman–Crippen LogP) is 3.34. The highest BCUT2D eigenvalue weighted by atomic mass is 35.5. The van der Waals surface area contributed by atoms with Gasteiger partial charge >= 0.3 is 0 Å². The highest BCUT2D eigenvalue weighted by molar-refractivity contribution is 8.00. The number of benzene rings is 1. The van der Waals surface area contributed by atoms with Crippen LogP contribution in [0.25, 0.3) is 0 Å². The van der Waals surface area contributed by atoms with Gasteiger partial charge in [-0.1, -0.05) is 12.1 Å². The molecule has 17 heavy (non-hydrogen) atoms. The smallest absolute Gasteiger partial charge is 0.153 e. The fourth-order valence-corrected chi connectivity index (χ4v) is 3.66. The number of sulfone groups is 1. The van der Waals surface area contributed by atoms with Gasteiger partial charge in [0, 0.05) is 16.5 Å². The molecule has 0 fully saturated rings. The number of hydrogen-bond donors (Lipinski definition) is 0. The molecule has 0 saturated heterocycles. The first-order valence-corrected chi connectivity index (χ1v) is 8.68. The lowest BCUT2D eigenvalue weighted by Gasteiger charge is -2.07. The number of alkyl halides is 1. The van der Waals surface area contributed by atoms with Crippen LogP contribution in [0.15, 0.2) is 29.2 Å². The summed E-state index contributed by atoms with van der Waals surface area (Å²) >= 11 is 7.25. The van der Waals surface area contributed by atoms with Crippen LogP contribution >= 0.6 is 23.4 Å². The van der Waals surface area contributed by atoms with Crippen molar-refractivity contribution in [2.75, 3.05) is 11.5 Å². The summed E-state index contributed by atoms with van der Waals surface area (Å²) in [6.07, 6.45) is 0. The van der Waals surface area contributed by atoms with Gasteiger partial charge in [-0.25, -0.2) is 8.42 Å². The van der Waals surface area contributed by atoms with Gasteiger partial charge in [-0.3, -0.25) is 0 Å². The Kier molecular flexibility index (Phi) is 5.83. The third-order valence-corrected chi connectivity index (χ3v) is 6.22. The highest BCUT2D eigenvalue weighted by Gasteiger charge is 2.15. The number of halogens is 1. The molecule has 0 saturated carbocycles. The van der Waals surface area contributed by atoms with Gasteiger partial charge in [0.05, 0.1) is 11.0 Å². The third kappa shape index (κ3) is 4.90. The minimum absolute atomic E-state index is 0.229. The van der Waals surface area contributed by atoms with Crippen molar-refractivity contribution in [1.82, 2.24) is 0 Å². The summed E-state index contributed by atoms with van der Waals surface area (Å²) in [7, 11) is -2.92. The van der Waals surface area contributed by atoms with E-state index in [9.17, 15) is 8.42 Å². The quantitative estimate of drug-likeness (QED) is 0.596. The van der Waals surface area contributed by atoms with Gasteiger partial charge in [0.1, 0.15) is 0 Å². The van der Waals surface area contributed by atoms with Crippen LogP contribution in [-0.2, 0) is 15.7 Å². The fourth-order valence-electron chi connectivity index (χ4n) is 1.19. The molecule has 1 rings (SSSR count). The van der Waals surface area contributed by atoms with Crippen LogP contribution in [-0.4, -0.2) is 25.2 Å².